The van der Waals surface area contributed by atoms with Crippen molar-refractivity contribution in [2.24, 2.45) is 11.8 Å². The summed E-state index contributed by atoms with van der Waals surface area (Å²) in [4.78, 5) is 13.0. The second-order valence-corrected chi connectivity index (χ2v) is 9.53. The van der Waals surface area contributed by atoms with E-state index in [4.69, 9.17) is 4.74 Å². The summed E-state index contributed by atoms with van der Waals surface area (Å²) in [5.74, 6) is 0.510. The van der Waals surface area contributed by atoms with Gasteiger partial charge in [-0.3, -0.25) is 4.79 Å². The summed E-state index contributed by atoms with van der Waals surface area (Å²) in [7, 11) is -3.68. The number of carbonyl (C=O) groups is 1. The highest BCUT2D eigenvalue weighted by Crippen LogP contribution is 2.41. The number of ether oxygens (including phenoxy) is 1. The van der Waals surface area contributed by atoms with E-state index < -0.39 is 16.1 Å². The molecule has 0 aromatic heterocycles. The summed E-state index contributed by atoms with van der Waals surface area (Å²) in [6, 6.07) is 6.07. The van der Waals surface area contributed by atoms with Crippen molar-refractivity contribution in [3.05, 3.63) is 42.0 Å². The van der Waals surface area contributed by atoms with Crippen LogP contribution >= 0.6 is 0 Å². The average molecular weight is 375 g/mol. The Bertz CT molecular complexity index is 815. The van der Waals surface area contributed by atoms with Crippen LogP contribution in [0.2, 0.25) is 0 Å². The van der Waals surface area contributed by atoms with Gasteiger partial charge in [0, 0.05) is 12.5 Å². The van der Waals surface area contributed by atoms with E-state index in [1.807, 2.05) is 6.92 Å². The van der Waals surface area contributed by atoms with E-state index >= 15 is 0 Å². The molecule has 6 heteroatoms. The summed E-state index contributed by atoms with van der Waals surface area (Å²) in [6.07, 6.45) is 8.45. The van der Waals surface area contributed by atoms with Crippen LogP contribution in [0.25, 0.3) is 0 Å². The van der Waals surface area contributed by atoms with Crippen LogP contribution < -0.4 is 0 Å². The molecule has 5 nitrogen and oxygen atoms in total. The number of nitrogens with zero attached hydrogens (tertiary/aromatic N) is 1. The van der Waals surface area contributed by atoms with Crippen LogP contribution in [0.5, 0.6) is 0 Å². The topological polar surface area (TPSA) is 63.7 Å². The first-order valence-electron chi connectivity index (χ1n) is 9.42. The maximum absolute atomic E-state index is 13.0. The quantitative estimate of drug-likeness (QED) is 0.599. The van der Waals surface area contributed by atoms with Crippen LogP contribution in [0, 0.1) is 18.8 Å². The van der Waals surface area contributed by atoms with Crippen LogP contribution in [0.3, 0.4) is 0 Å². The van der Waals surface area contributed by atoms with Gasteiger partial charge in [0.05, 0.1) is 4.90 Å². The fourth-order valence-corrected chi connectivity index (χ4v) is 6.15. The summed E-state index contributed by atoms with van der Waals surface area (Å²) < 4.78 is 33.1. The van der Waals surface area contributed by atoms with Gasteiger partial charge < -0.3 is 4.74 Å². The van der Waals surface area contributed by atoms with E-state index in [1.165, 1.54) is 4.31 Å². The predicted molar refractivity (Wildman–Crippen MR) is 97.9 cm³/mol. The number of carbonyl (C=O) groups excluding carboxylic acids is 1. The molecule has 2 aliphatic carbocycles. The van der Waals surface area contributed by atoms with Crippen LogP contribution in [0.15, 0.2) is 41.3 Å². The molecule has 1 heterocycles. The lowest BCUT2D eigenvalue weighted by Crippen LogP contribution is -2.42. The summed E-state index contributed by atoms with van der Waals surface area (Å²) in [5, 5.41) is 0. The molecule has 26 heavy (non-hydrogen) atoms. The monoisotopic (exact) mass is 375 g/mol. The molecule has 4 atom stereocenters. The van der Waals surface area contributed by atoms with Gasteiger partial charge in [0.1, 0.15) is 12.1 Å². The van der Waals surface area contributed by atoms with Gasteiger partial charge in [-0.15, -0.1) is 0 Å². The van der Waals surface area contributed by atoms with E-state index in [1.54, 1.807) is 24.3 Å². The molecule has 0 spiro atoms. The molecule has 0 radical (unpaired) electrons. The highest BCUT2D eigenvalue weighted by Gasteiger charge is 2.44. The zero-order chi connectivity index (χ0) is 18.3. The molecule has 3 aliphatic rings. The van der Waals surface area contributed by atoms with Gasteiger partial charge in [-0.25, -0.2) is 8.42 Å². The Morgan fingerprint density at radius 3 is 2.69 bits per heavy atom. The number of benzene rings is 1. The van der Waals surface area contributed by atoms with Gasteiger partial charge >= 0.3 is 5.97 Å². The number of esters is 1. The lowest BCUT2D eigenvalue weighted by Gasteiger charge is -2.25. The number of fused-ring (bicyclic) bond motifs is 1. The van der Waals surface area contributed by atoms with E-state index in [0.717, 1.165) is 24.8 Å². The van der Waals surface area contributed by atoms with Crippen molar-refractivity contribution in [1.29, 1.82) is 0 Å². The minimum Gasteiger partial charge on any atom is -0.461 e. The molecule has 1 aliphatic heterocycles. The van der Waals surface area contributed by atoms with Gasteiger partial charge in [-0.2, -0.15) is 4.31 Å². The van der Waals surface area contributed by atoms with Crippen LogP contribution in [0.1, 0.15) is 37.7 Å². The normalized spacial score (nSPS) is 31.3. The molecule has 4 rings (SSSR count). The van der Waals surface area contributed by atoms with E-state index in [9.17, 15) is 13.2 Å². The Hall–Kier alpha value is -1.66. The molecule has 2 fully saturated rings. The molecule has 140 valence electrons. The lowest BCUT2D eigenvalue weighted by molar-refractivity contribution is -0.154. The summed E-state index contributed by atoms with van der Waals surface area (Å²) >= 11 is 0. The Labute approximate surface area is 155 Å². The van der Waals surface area contributed by atoms with Crippen LogP contribution in [0.4, 0.5) is 0 Å². The van der Waals surface area contributed by atoms with E-state index in [0.29, 0.717) is 31.2 Å². The molecule has 1 aromatic rings. The van der Waals surface area contributed by atoms with E-state index in [2.05, 4.69) is 12.2 Å². The molecule has 1 saturated carbocycles. The first-order chi connectivity index (χ1) is 12.5. The van der Waals surface area contributed by atoms with Crippen molar-refractivity contribution in [1.82, 2.24) is 4.31 Å². The van der Waals surface area contributed by atoms with Gasteiger partial charge in [0.25, 0.3) is 0 Å². The molecular weight excluding hydrogens is 350 g/mol. The second kappa shape index (κ2) is 6.82. The first-order valence-corrected chi connectivity index (χ1v) is 10.9. The van der Waals surface area contributed by atoms with Crippen molar-refractivity contribution < 1.29 is 17.9 Å². The van der Waals surface area contributed by atoms with E-state index in [-0.39, 0.29) is 17.0 Å². The van der Waals surface area contributed by atoms with Crippen molar-refractivity contribution >= 4 is 16.0 Å². The van der Waals surface area contributed by atoms with Crippen LogP contribution in [-0.4, -0.2) is 37.4 Å². The maximum atomic E-state index is 13.0. The molecule has 0 unspecified atom stereocenters. The maximum Gasteiger partial charge on any atom is 0.324 e. The fourth-order valence-electron chi connectivity index (χ4n) is 4.51. The van der Waals surface area contributed by atoms with Gasteiger partial charge in [0.15, 0.2) is 0 Å². The van der Waals surface area contributed by atoms with Crippen molar-refractivity contribution in [2.75, 3.05) is 6.54 Å². The van der Waals surface area contributed by atoms with Crippen LogP contribution in [-0.2, 0) is 19.6 Å². The zero-order valence-corrected chi connectivity index (χ0v) is 15.8. The van der Waals surface area contributed by atoms with Crippen molar-refractivity contribution in [3.8, 4) is 0 Å². The molecular formula is C20H25NO4S. The van der Waals surface area contributed by atoms with Gasteiger partial charge in [-0.1, -0.05) is 29.8 Å². The Morgan fingerprint density at radius 2 is 1.92 bits per heavy atom. The number of sulfonamides is 1. The average Bonchev–Trinajstić information content (AvgIpc) is 3.33. The molecule has 0 amide bonds. The molecule has 1 saturated heterocycles. The fraction of sp³-hybridized carbons (Fsp3) is 0.550. The van der Waals surface area contributed by atoms with Gasteiger partial charge in [-0.05, 0) is 57.1 Å². The predicted octanol–water partition coefficient (Wildman–Crippen LogP) is 3.05. The Balaban J connectivity index is 1.50. The first kappa shape index (κ1) is 17.7. The highest BCUT2D eigenvalue weighted by atomic mass is 32.2. The van der Waals surface area contributed by atoms with Crippen molar-refractivity contribution in [3.63, 3.8) is 0 Å². The lowest BCUT2D eigenvalue weighted by atomic mass is 9.99. The third kappa shape index (κ3) is 3.09. The molecule has 1 aromatic carbocycles. The van der Waals surface area contributed by atoms with Crippen molar-refractivity contribution in [2.45, 2.75) is 56.1 Å². The highest BCUT2D eigenvalue weighted by molar-refractivity contribution is 7.89. The third-order valence-corrected chi connectivity index (χ3v) is 7.89. The number of aryl methyl sites for hydroxylation is 1. The number of hydrogen-bond acceptors (Lipinski definition) is 4. The molecule has 0 bridgehead atoms. The Morgan fingerprint density at radius 1 is 1.15 bits per heavy atom. The smallest absolute Gasteiger partial charge is 0.324 e. The van der Waals surface area contributed by atoms with Gasteiger partial charge in [0.2, 0.25) is 10.0 Å². The zero-order valence-electron chi connectivity index (χ0n) is 15.0. The molecule has 0 N–H and O–H groups in total. The number of allylic oxidation sites excluding steroid dienone is 1. The standard InChI is InChI=1S/C20H25NO4S/c1-14-7-10-16(11-8-14)26(23,24)21-13-3-6-18(21)20(22)25-19-12-9-15-4-2-5-17(15)19/h2,5,7-8,10-11,15,17-19H,3-4,6,9,12-13H2,1H3/t15-,17-,18-,19+/m0/s1. The second-order valence-electron chi connectivity index (χ2n) is 7.64. The SMILES string of the molecule is Cc1ccc(S(=O)(=O)N2CCC[C@H]2C(=O)O[C@@H]2CC[C@@H]3CC=C[C@@H]32)cc1. The minimum atomic E-state index is -3.68. The number of rotatable bonds is 4. The summed E-state index contributed by atoms with van der Waals surface area (Å²) in [5.41, 5.74) is 1.00. The minimum absolute atomic E-state index is 0.101. The third-order valence-electron chi connectivity index (χ3n) is 5.96. The summed E-state index contributed by atoms with van der Waals surface area (Å²) in [6.45, 7) is 2.28. The Kier molecular flexibility index (Phi) is 4.65. The largest absolute Gasteiger partial charge is 0.461 e. The number of hydrogen-bond donors (Lipinski definition) is 0.